The Bertz CT molecular complexity index is 697. The maximum Gasteiger partial charge on any atom is 0.218 e. The number of rotatable bonds is 9. The third-order valence-electron chi connectivity index (χ3n) is 4.28. The molecule has 1 amide bonds. The van der Waals surface area contributed by atoms with Gasteiger partial charge in [0.25, 0.3) is 0 Å². The van der Waals surface area contributed by atoms with Gasteiger partial charge in [-0.1, -0.05) is 12.1 Å². The van der Waals surface area contributed by atoms with Crippen LogP contribution in [0.4, 0.5) is 0 Å². The zero-order valence-electron chi connectivity index (χ0n) is 15.0. The number of carbonyl (C=O) groups excluding carboxylic acids is 1. The van der Waals surface area contributed by atoms with Crippen molar-refractivity contribution in [1.82, 2.24) is 0 Å². The molecule has 0 saturated carbocycles. The molecule has 0 aromatic heterocycles. The van der Waals surface area contributed by atoms with Gasteiger partial charge in [0.15, 0.2) is 0 Å². The molecular formula is C20H25NO4. The minimum Gasteiger partial charge on any atom is -0.497 e. The lowest BCUT2D eigenvalue weighted by Gasteiger charge is -2.17. The molecule has 0 fully saturated rings. The quantitative estimate of drug-likeness (QED) is 0.758. The standard InChI is InChI=1S/C20H25NO4/c1-23-17-8-6-14(7-9-17)15(13-20(21)22)4-5-16-12-18(24-2)10-11-19(16)25-3/h6-12,15H,4-5,13H2,1-3H3,(H2,21,22). The second-order valence-corrected chi connectivity index (χ2v) is 5.86. The number of hydrogen-bond acceptors (Lipinski definition) is 4. The van der Waals surface area contributed by atoms with Crippen LogP contribution in [0.25, 0.3) is 0 Å². The zero-order valence-corrected chi connectivity index (χ0v) is 15.0. The summed E-state index contributed by atoms with van der Waals surface area (Å²) in [6.07, 6.45) is 1.84. The van der Waals surface area contributed by atoms with Crippen molar-refractivity contribution < 1.29 is 19.0 Å². The first-order chi connectivity index (χ1) is 12.1. The molecule has 1 atom stereocenters. The van der Waals surface area contributed by atoms with Crippen molar-refractivity contribution in [3.63, 3.8) is 0 Å². The molecule has 0 aliphatic heterocycles. The van der Waals surface area contributed by atoms with Gasteiger partial charge in [0.2, 0.25) is 5.91 Å². The number of benzene rings is 2. The van der Waals surface area contributed by atoms with E-state index in [0.29, 0.717) is 6.42 Å². The first-order valence-electron chi connectivity index (χ1n) is 8.20. The van der Waals surface area contributed by atoms with Gasteiger partial charge in [-0.25, -0.2) is 0 Å². The fourth-order valence-corrected chi connectivity index (χ4v) is 2.91. The molecule has 2 aromatic carbocycles. The SMILES string of the molecule is COc1ccc(C(CCc2cc(OC)ccc2OC)CC(N)=O)cc1. The maximum absolute atomic E-state index is 11.5. The van der Waals surface area contributed by atoms with Gasteiger partial charge in [0.05, 0.1) is 21.3 Å². The van der Waals surface area contributed by atoms with Gasteiger partial charge in [0, 0.05) is 6.42 Å². The summed E-state index contributed by atoms with van der Waals surface area (Å²) in [7, 11) is 4.92. The highest BCUT2D eigenvalue weighted by Gasteiger charge is 2.16. The number of methoxy groups -OCH3 is 3. The summed E-state index contributed by atoms with van der Waals surface area (Å²) in [5.74, 6) is 2.12. The van der Waals surface area contributed by atoms with Crippen molar-refractivity contribution in [2.45, 2.75) is 25.2 Å². The minimum absolute atomic E-state index is 0.0410. The van der Waals surface area contributed by atoms with Crippen molar-refractivity contribution in [3.05, 3.63) is 53.6 Å². The Morgan fingerprint density at radius 1 is 0.960 bits per heavy atom. The lowest BCUT2D eigenvalue weighted by molar-refractivity contribution is -0.118. The largest absolute Gasteiger partial charge is 0.497 e. The van der Waals surface area contributed by atoms with Crippen LogP contribution in [-0.4, -0.2) is 27.2 Å². The highest BCUT2D eigenvalue weighted by molar-refractivity contribution is 5.74. The molecule has 0 spiro atoms. The molecular weight excluding hydrogens is 318 g/mol. The van der Waals surface area contributed by atoms with Crippen LogP contribution in [0.15, 0.2) is 42.5 Å². The van der Waals surface area contributed by atoms with E-state index in [1.807, 2.05) is 42.5 Å². The summed E-state index contributed by atoms with van der Waals surface area (Å²) in [5.41, 5.74) is 7.57. The Balaban J connectivity index is 2.18. The zero-order chi connectivity index (χ0) is 18.2. The van der Waals surface area contributed by atoms with E-state index in [4.69, 9.17) is 19.9 Å². The monoisotopic (exact) mass is 343 g/mol. The molecule has 0 radical (unpaired) electrons. The summed E-state index contributed by atoms with van der Waals surface area (Å²) in [6.45, 7) is 0. The molecule has 0 heterocycles. The van der Waals surface area contributed by atoms with Crippen LogP contribution in [0.2, 0.25) is 0 Å². The summed E-state index contributed by atoms with van der Waals surface area (Å²) in [6, 6.07) is 13.5. The van der Waals surface area contributed by atoms with Crippen LogP contribution < -0.4 is 19.9 Å². The van der Waals surface area contributed by atoms with Gasteiger partial charge in [-0.05, 0) is 60.2 Å². The van der Waals surface area contributed by atoms with E-state index in [9.17, 15) is 4.79 Å². The van der Waals surface area contributed by atoms with Gasteiger partial charge in [-0.15, -0.1) is 0 Å². The Morgan fingerprint density at radius 2 is 1.60 bits per heavy atom. The highest BCUT2D eigenvalue weighted by Crippen LogP contribution is 2.30. The van der Waals surface area contributed by atoms with Crippen LogP contribution in [0, 0.1) is 0 Å². The summed E-state index contributed by atoms with van der Waals surface area (Å²) < 4.78 is 15.9. The Kier molecular flexibility index (Phi) is 6.69. The van der Waals surface area contributed by atoms with E-state index in [1.54, 1.807) is 21.3 Å². The molecule has 2 aromatic rings. The number of amides is 1. The fraction of sp³-hybridized carbons (Fsp3) is 0.350. The van der Waals surface area contributed by atoms with Gasteiger partial charge >= 0.3 is 0 Å². The van der Waals surface area contributed by atoms with Crippen molar-refractivity contribution >= 4 is 5.91 Å². The van der Waals surface area contributed by atoms with Crippen molar-refractivity contribution in [1.29, 1.82) is 0 Å². The topological polar surface area (TPSA) is 70.8 Å². The number of primary amides is 1. The van der Waals surface area contributed by atoms with E-state index >= 15 is 0 Å². The average molecular weight is 343 g/mol. The van der Waals surface area contributed by atoms with Gasteiger partial charge in [-0.2, -0.15) is 0 Å². The van der Waals surface area contributed by atoms with Crippen LogP contribution in [0.3, 0.4) is 0 Å². The average Bonchev–Trinajstić information content (AvgIpc) is 2.64. The molecule has 0 aliphatic carbocycles. The van der Waals surface area contributed by atoms with Crippen molar-refractivity contribution in [2.75, 3.05) is 21.3 Å². The molecule has 2 rings (SSSR count). The molecule has 134 valence electrons. The molecule has 1 unspecified atom stereocenters. The predicted molar refractivity (Wildman–Crippen MR) is 97.4 cm³/mol. The summed E-state index contributed by atoms with van der Waals surface area (Å²) >= 11 is 0. The Labute approximate surface area is 148 Å². The number of aryl methyl sites for hydroxylation is 1. The lowest BCUT2D eigenvalue weighted by atomic mass is 9.89. The molecule has 0 aliphatic rings. The van der Waals surface area contributed by atoms with Crippen LogP contribution in [0.5, 0.6) is 17.2 Å². The molecule has 0 saturated heterocycles. The van der Waals surface area contributed by atoms with Crippen molar-refractivity contribution in [3.8, 4) is 17.2 Å². The van der Waals surface area contributed by atoms with Gasteiger partial charge < -0.3 is 19.9 Å². The van der Waals surface area contributed by atoms with Crippen LogP contribution in [-0.2, 0) is 11.2 Å². The van der Waals surface area contributed by atoms with Crippen LogP contribution >= 0.6 is 0 Å². The third kappa shape index (κ3) is 5.14. The minimum atomic E-state index is -0.307. The molecule has 2 N–H and O–H groups in total. The molecule has 0 bridgehead atoms. The second kappa shape index (κ2) is 8.97. The van der Waals surface area contributed by atoms with Crippen LogP contribution in [0.1, 0.15) is 29.9 Å². The Hall–Kier alpha value is -2.69. The lowest BCUT2D eigenvalue weighted by Crippen LogP contribution is -2.16. The summed E-state index contributed by atoms with van der Waals surface area (Å²) in [4.78, 5) is 11.5. The van der Waals surface area contributed by atoms with E-state index in [0.717, 1.165) is 41.2 Å². The third-order valence-corrected chi connectivity index (χ3v) is 4.28. The van der Waals surface area contributed by atoms with E-state index in [1.165, 1.54) is 0 Å². The maximum atomic E-state index is 11.5. The first kappa shape index (κ1) is 18.6. The Morgan fingerprint density at radius 3 is 2.16 bits per heavy atom. The van der Waals surface area contributed by atoms with Crippen molar-refractivity contribution in [2.24, 2.45) is 5.73 Å². The van der Waals surface area contributed by atoms with E-state index in [2.05, 4.69) is 0 Å². The predicted octanol–water partition coefficient (Wildman–Crippen LogP) is 3.30. The molecule has 5 heteroatoms. The highest BCUT2D eigenvalue weighted by atomic mass is 16.5. The number of hydrogen-bond donors (Lipinski definition) is 1. The second-order valence-electron chi connectivity index (χ2n) is 5.86. The van der Waals surface area contributed by atoms with E-state index in [-0.39, 0.29) is 11.8 Å². The normalized spacial score (nSPS) is 11.6. The number of carbonyl (C=O) groups is 1. The smallest absolute Gasteiger partial charge is 0.218 e. The molecule has 5 nitrogen and oxygen atoms in total. The number of ether oxygens (including phenoxy) is 3. The first-order valence-corrected chi connectivity index (χ1v) is 8.20. The number of nitrogens with two attached hydrogens (primary N) is 1. The molecule has 25 heavy (non-hydrogen) atoms. The summed E-state index contributed by atoms with van der Waals surface area (Å²) in [5, 5.41) is 0. The van der Waals surface area contributed by atoms with E-state index < -0.39 is 0 Å². The van der Waals surface area contributed by atoms with Gasteiger partial charge in [-0.3, -0.25) is 4.79 Å². The fourth-order valence-electron chi connectivity index (χ4n) is 2.91. The van der Waals surface area contributed by atoms with Gasteiger partial charge in [0.1, 0.15) is 17.2 Å².